The number of carbonyl (C=O) groups is 1. The van der Waals surface area contributed by atoms with Gasteiger partial charge in [0.05, 0.1) is 0 Å². The number of ether oxygens (including phenoxy) is 1. The van der Waals surface area contributed by atoms with E-state index in [-0.39, 0.29) is 12.0 Å². The summed E-state index contributed by atoms with van der Waals surface area (Å²) in [4.78, 5) is 13.5. The van der Waals surface area contributed by atoms with Crippen LogP contribution in [-0.2, 0) is 11.2 Å². The highest BCUT2D eigenvalue weighted by Crippen LogP contribution is 2.20. The van der Waals surface area contributed by atoms with Crippen LogP contribution >= 0.6 is 0 Å². The van der Waals surface area contributed by atoms with Crippen LogP contribution in [0.4, 0.5) is 0 Å². The number of hydrogen-bond acceptors (Lipinski definition) is 2. The zero-order valence-electron chi connectivity index (χ0n) is 11.9. The van der Waals surface area contributed by atoms with Gasteiger partial charge in [-0.1, -0.05) is 26.0 Å². The van der Waals surface area contributed by atoms with Crippen molar-refractivity contribution in [1.82, 2.24) is 4.90 Å². The molecular weight excluding hydrogens is 238 g/mol. The summed E-state index contributed by atoms with van der Waals surface area (Å²) in [5, 5.41) is 0. The number of hydrogen-bond donors (Lipinski definition) is 0. The van der Waals surface area contributed by atoms with Gasteiger partial charge in [-0.05, 0) is 24.1 Å². The van der Waals surface area contributed by atoms with Gasteiger partial charge in [-0.3, -0.25) is 4.79 Å². The number of amides is 1. The van der Waals surface area contributed by atoms with Crippen LogP contribution in [0.1, 0.15) is 38.7 Å². The molecule has 0 aromatic heterocycles. The highest BCUT2D eigenvalue weighted by atomic mass is 16.5. The molecule has 0 atom stereocenters. The maximum absolute atomic E-state index is 11.6. The molecule has 0 bridgehead atoms. The molecule has 1 fully saturated rings. The minimum absolute atomic E-state index is 0.244. The number of piperidine rings is 1. The molecule has 1 aliphatic rings. The third-order valence-corrected chi connectivity index (χ3v) is 3.71. The van der Waals surface area contributed by atoms with Crippen molar-refractivity contribution in [2.24, 2.45) is 0 Å². The molecule has 0 radical (unpaired) electrons. The molecular formula is C16H23NO2. The molecule has 1 aromatic carbocycles. The van der Waals surface area contributed by atoms with Crippen LogP contribution in [-0.4, -0.2) is 30.0 Å². The van der Waals surface area contributed by atoms with Crippen molar-refractivity contribution >= 4 is 5.91 Å². The normalized spacial score (nSPS) is 16.4. The Morgan fingerprint density at radius 3 is 2.68 bits per heavy atom. The Morgan fingerprint density at radius 2 is 2.05 bits per heavy atom. The van der Waals surface area contributed by atoms with E-state index in [0.717, 1.165) is 38.1 Å². The van der Waals surface area contributed by atoms with Crippen LogP contribution in [0.3, 0.4) is 0 Å². The monoisotopic (exact) mass is 261 g/mol. The molecule has 1 heterocycles. The van der Waals surface area contributed by atoms with Crippen molar-refractivity contribution in [2.75, 3.05) is 13.1 Å². The van der Waals surface area contributed by atoms with Gasteiger partial charge in [0.1, 0.15) is 11.9 Å². The van der Waals surface area contributed by atoms with Gasteiger partial charge in [0.15, 0.2) is 0 Å². The molecule has 1 aliphatic heterocycles. The lowest BCUT2D eigenvalue weighted by molar-refractivity contribution is -0.132. The molecule has 0 spiro atoms. The average Bonchev–Trinajstić information content (AvgIpc) is 2.47. The summed E-state index contributed by atoms with van der Waals surface area (Å²) in [6.45, 7) is 5.71. The fourth-order valence-corrected chi connectivity index (χ4v) is 2.48. The summed E-state index contributed by atoms with van der Waals surface area (Å²) in [6.07, 6.45) is 3.74. The number of aryl methyl sites for hydroxylation is 1. The van der Waals surface area contributed by atoms with E-state index in [9.17, 15) is 4.79 Å². The van der Waals surface area contributed by atoms with Crippen LogP contribution < -0.4 is 4.74 Å². The second-order valence-electron chi connectivity index (χ2n) is 5.05. The second-order valence-corrected chi connectivity index (χ2v) is 5.05. The number of benzene rings is 1. The average molecular weight is 261 g/mol. The van der Waals surface area contributed by atoms with Crippen LogP contribution in [0.15, 0.2) is 24.3 Å². The topological polar surface area (TPSA) is 29.5 Å². The fraction of sp³-hybridized carbons (Fsp3) is 0.562. The standard InChI is InChI=1S/C16H23NO2/c1-3-13-6-5-7-15(12-13)19-14-8-10-17(11-9-14)16(18)4-2/h5-7,12,14H,3-4,8-11H2,1-2H3. The maximum atomic E-state index is 11.6. The molecule has 3 heteroatoms. The Morgan fingerprint density at radius 1 is 1.32 bits per heavy atom. The first-order chi connectivity index (χ1) is 9.22. The molecule has 1 saturated heterocycles. The first kappa shape index (κ1) is 13.9. The molecule has 0 aliphatic carbocycles. The minimum atomic E-state index is 0.244. The van der Waals surface area contributed by atoms with E-state index < -0.39 is 0 Å². The lowest BCUT2D eigenvalue weighted by atomic mass is 10.1. The van der Waals surface area contributed by atoms with Crippen LogP contribution in [0.25, 0.3) is 0 Å². The van der Waals surface area contributed by atoms with Gasteiger partial charge in [0.25, 0.3) is 0 Å². The molecule has 19 heavy (non-hydrogen) atoms. The van der Waals surface area contributed by atoms with Crippen molar-refractivity contribution in [1.29, 1.82) is 0 Å². The molecule has 1 aromatic rings. The Balaban J connectivity index is 1.86. The van der Waals surface area contributed by atoms with Crippen molar-refractivity contribution in [3.63, 3.8) is 0 Å². The van der Waals surface area contributed by atoms with Gasteiger partial charge < -0.3 is 9.64 Å². The summed E-state index contributed by atoms with van der Waals surface area (Å²) in [6, 6.07) is 8.30. The number of nitrogens with zero attached hydrogens (tertiary/aromatic N) is 1. The first-order valence-corrected chi connectivity index (χ1v) is 7.26. The lowest BCUT2D eigenvalue weighted by Crippen LogP contribution is -2.41. The van der Waals surface area contributed by atoms with Crippen LogP contribution in [0, 0.1) is 0 Å². The lowest BCUT2D eigenvalue weighted by Gasteiger charge is -2.32. The van der Waals surface area contributed by atoms with E-state index in [1.54, 1.807) is 0 Å². The summed E-state index contributed by atoms with van der Waals surface area (Å²) in [7, 11) is 0. The van der Waals surface area contributed by atoms with E-state index in [1.807, 2.05) is 24.0 Å². The Labute approximate surface area is 115 Å². The highest BCUT2D eigenvalue weighted by Gasteiger charge is 2.22. The quantitative estimate of drug-likeness (QED) is 0.833. The molecule has 0 unspecified atom stereocenters. The van der Waals surface area contributed by atoms with Crippen LogP contribution in [0.5, 0.6) is 5.75 Å². The summed E-state index contributed by atoms with van der Waals surface area (Å²) >= 11 is 0. The summed E-state index contributed by atoms with van der Waals surface area (Å²) in [5.74, 6) is 1.21. The van der Waals surface area contributed by atoms with Gasteiger partial charge in [-0.25, -0.2) is 0 Å². The molecule has 104 valence electrons. The van der Waals surface area contributed by atoms with Gasteiger partial charge in [-0.2, -0.15) is 0 Å². The van der Waals surface area contributed by atoms with Gasteiger partial charge in [-0.15, -0.1) is 0 Å². The third-order valence-electron chi connectivity index (χ3n) is 3.71. The Kier molecular flexibility index (Phi) is 4.83. The van der Waals surface area contributed by atoms with E-state index in [0.29, 0.717) is 6.42 Å². The minimum Gasteiger partial charge on any atom is -0.490 e. The van der Waals surface area contributed by atoms with E-state index in [2.05, 4.69) is 19.1 Å². The SMILES string of the molecule is CCC(=O)N1CCC(Oc2cccc(CC)c2)CC1. The fourth-order valence-electron chi connectivity index (χ4n) is 2.48. The smallest absolute Gasteiger partial charge is 0.222 e. The van der Waals surface area contributed by atoms with Gasteiger partial charge in [0, 0.05) is 32.4 Å². The van der Waals surface area contributed by atoms with Crippen LogP contribution in [0.2, 0.25) is 0 Å². The zero-order chi connectivity index (χ0) is 13.7. The van der Waals surface area contributed by atoms with E-state index in [1.165, 1.54) is 5.56 Å². The molecule has 0 N–H and O–H groups in total. The maximum Gasteiger partial charge on any atom is 0.222 e. The molecule has 1 amide bonds. The zero-order valence-corrected chi connectivity index (χ0v) is 11.9. The number of rotatable bonds is 4. The largest absolute Gasteiger partial charge is 0.490 e. The predicted molar refractivity (Wildman–Crippen MR) is 76.3 cm³/mol. The van der Waals surface area contributed by atoms with Crippen molar-refractivity contribution in [3.8, 4) is 5.75 Å². The van der Waals surface area contributed by atoms with E-state index in [4.69, 9.17) is 4.74 Å². The number of carbonyl (C=O) groups excluding carboxylic acids is 1. The predicted octanol–water partition coefficient (Wildman–Crippen LogP) is 3.03. The third kappa shape index (κ3) is 3.72. The number of likely N-dealkylation sites (tertiary alicyclic amines) is 1. The summed E-state index contributed by atoms with van der Waals surface area (Å²) < 4.78 is 6.02. The van der Waals surface area contributed by atoms with Crippen molar-refractivity contribution in [3.05, 3.63) is 29.8 Å². The molecule has 2 rings (SSSR count). The Bertz CT molecular complexity index is 423. The van der Waals surface area contributed by atoms with Crippen molar-refractivity contribution < 1.29 is 9.53 Å². The first-order valence-electron chi connectivity index (χ1n) is 7.26. The molecule has 3 nitrogen and oxygen atoms in total. The van der Waals surface area contributed by atoms with Crippen molar-refractivity contribution in [2.45, 2.75) is 45.6 Å². The van der Waals surface area contributed by atoms with Gasteiger partial charge in [0.2, 0.25) is 5.91 Å². The van der Waals surface area contributed by atoms with Gasteiger partial charge >= 0.3 is 0 Å². The Hall–Kier alpha value is -1.51. The molecule has 0 saturated carbocycles. The second kappa shape index (κ2) is 6.60. The summed E-state index contributed by atoms with van der Waals surface area (Å²) in [5.41, 5.74) is 1.30. The highest BCUT2D eigenvalue weighted by molar-refractivity contribution is 5.75. The van der Waals surface area contributed by atoms with E-state index >= 15 is 0 Å².